The molecule has 2 aromatic carbocycles. The van der Waals surface area contributed by atoms with Gasteiger partial charge in [0.25, 0.3) is 0 Å². The van der Waals surface area contributed by atoms with Crippen molar-refractivity contribution in [3.05, 3.63) is 59.7 Å². The molecular formula is C25H32N4O8. The lowest BCUT2D eigenvalue weighted by atomic mass is 10.1. The number of carbonyl (C=O) groups is 4. The Kier molecular flexibility index (Phi) is 11.6. The topological polar surface area (TPSA) is 217 Å². The van der Waals surface area contributed by atoms with Crippen molar-refractivity contribution in [2.75, 3.05) is 13.1 Å². The van der Waals surface area contributed by atoms with Crippen molar-refractivity contribution < 1.29 is 38.9 Å². The van der Waals surface area contributed by atoms with E-state index in [-0.39, 0.29) is 37.1 Å². The minimum absolute atomic E-state index is 0.128. The highest BCUT2D eigenvalue weighted by Crippen LogP contribution is 2.16. The van der Waals surface area contributed by atoms with E-state index in [1.165, 1.54) is 12.1 Å². The predicted molar refractivity (Wildman–Crippen MR) is 132 cm³/mol. The number of rotatable bonds is 9. The van der Waals surface area contributed by atoms with Crippen LogP contribution >= 0.6 is 0 Å². The molecule has 0 radical (unpaired) electrons. The Morgan fingerprint density at radius 3 is 2.03 bits per heavy atom. The van der Waals surface area contributed by atoms with Crippen molar-refractivity contribution in [3.8, 4) is 11.5 Å². The summed E-state index contributed by atoms with van der Waals surface area (Å²) in [5, 5.41) is 20.9. The van der Waals surface area contributed by atoms with Crippen LogP contribution in [0.4, 0.5) is 0 Å². The zero-order valence-corrected chi connectivity index (χ0v) is 20.2. The van der Waals surface area contributed by atoms with Crippen LogP contribution in [0.5, 0.6) is 11.5 Å². The molecule has 12 heteroatoms. The number of aliphatic carboxylic acids is 1. The number of ether oxygens (including phenoxy) is 2. The summed E-state index contributed by atoms with van der Waals surface area (Å²) >= 11 is 0. The number of phenolic OH excluding ortho intramolecular Hbond substituents is 1. The average molecular weight is 517 g/mol. The van der Waals surface area contributed by atoms with Crippen molar-refractivity contribution in [1.29, 1.82) is 0 Å². The summed E-state index contributed by atoms with van der Waals surface area (Å²) in [5.41, 5.74) is 17.6. The summed E-state index contributed by atoms with van der Waals surface area (Å²) in [4.78, 5) is 44.5. The van der Waals surface area contributed by atoms with Gasteiger partial charge in [-0.2, -0.15) is 0 Å². The summed E-state index contributed by atoms with van der Waals surface area (Å²) in [6.45, 7) is 0.476. The normalized spacial score (nSPS) is 16.0. The van der Waals surface area contributed by atoms with Gasteiger partial charge in [-0.25, -0.2) is 9.59 Å². The van der Waals surface area contributed by atoms with Crippen LogP contribution in [0.25, 0.3) is 0 Å². The second kappa shape index (κ2) is 14.7. The number of hydrogen-bond acceptors (Lipinski definition) is 11. The highest BCUT2D eigenvalue weighted by atomic mass is 16.6. The van der Waals surface area contributed by atoms with Crippen molar-refractivity contribution in [2.24, 2.45) is 17.2 Å². The van der Waals surface area contributed by atoms with E-state index in [9.17, 15) is 19.2 Å². The maximum Gasteiger partial charge on any atom is 0.330 e. The van der Waals surface area contributed by atoms with Crippen LogP contribution in [0.15, 0.2) is 48.5 Å². The molecule has 3 atom stereocenters. The van der Waals surface area contributed by atoms with E-state index in [2.05, 4.69) is 10.1 Å². The van der Waals surface area contributed by atoms with E-state index < -0.39 is 30.0 Å². The van der Waals surface area contributed by atoms with Gasteiger partial charge in [-0.1, -0.05) is 24.3 Å². The lowest BCUT2D eigenvalue weighted by molar-refractivity contribution is -0.159. The molecule has 1 aliphatic rings. The fourth-order valence-electron chi connectivity index (χ4n) is 3.31. The molecule has 2 aromatic rings. The van der Waals surface area contributed by atoms with Crippen LogP contribution in [0.2, 0.25) is 0 Å². The number of carboxylic acid groups (broad SMARTS) is 1. The zero-order chi connectivity index (χ0) is 27.4. The van der Waals surface area contributed by atoms with E-state index in [1.54, 1.807) is 36.4 Å². The molecule has 37 heavy (non-hydrogen) atoms. The largest absolute Gasteiger partial charge is 0.508 e. The number of aromatic hydroxyl groups is 1. The first-order chi connectivity index (χ1) is 17.6. The van der Waals surface area contributed by atoms with Crippen molar-refractivity contribution >= 4 is 23.9 Å². The Bertz CT molecular complexity index is 1050. The van der Waals surface area contributed by atoms with Gasteiger partial charge in [0.1, 0.15) is 29.6 Å². The Morgan fingerprint density at radius 1 is 0.946 bits per heavy atom. The quantitative estimate of drug-likeness (QED) is 0.142. The standard InChI is InChI=1S/C14H18N2O4.C11H14N2O4/c15-11(13(17)18)8-9-3-5-10(6-4-9)20-14(19)12-2-1-7-16-12;12-6-10(15)17-11(16)9(13)5-7-1-3-8(14)4-2-7/h3-6,11-12,16H,1-2,7-8,15H2,(H,17,18);1-4,9,14H,5-6,12-13H2/t11-,12-;9-/m00/s1. The maximum atomic E-state index is 11.8. The van der Waals surface area contributed by atoms with E-state index >= 15 is 0 Å². The molecule has 0 spiro atoms. The third kappa shape index (κ3) is 10.4. The van der Waals surface area contributed by atoms with E-state index in [0.717, 1.165) is 30.5 Å². The van der Waals surface area contributed by atoms with Crippen LogP contribution in [-0.2, 0) is 36.8 Å². The fraction of sp³-hybridized carbons (Fsp3) is 0.360. The van der Waals surface area contributed by atoms with Crippen LogP contribution in [0.1, 0.15) is 24.0 Å². The fourth-order valence-corrected chi connectivity index (χ4v) is 3.31. The minimum Gasteiger partial charge on any atom is -0.508 e. The van der Waals surface area contributed by atoms with Crippen molar-refractivity contribution in [3.63, 3.8) is 0 Å². The first-order valence-electron chi connectivity index (χ1n) is 11.6. The number of carboxylic acids is 1. The van der Waals surface area contributed by atoms with Crippen LogP contribution in [-0.4, -0.2) is 65.3 Å². The van der Waals surface area contributed by atoms with Crippen LogP contribution < -0.4 is 27.3 Å². The summed E-state index contributed by atoms with van der Waals surface area (Å²) in [5.74, 6) is -2.35. The Balaban J connectivity index is 0.000000264. The number of phenols is 1. The van der Waals surface area contributed by atoms with Crippen molar-refractivity contribution in [2.45, 2.75) is 43.8 Å². The Morgan fingerprint density at radius 2 is 1.51 bits per heavy atom. The number of esters is 3. The Labute approximate surface area is 213 Å². The van der Waals surface area contributed by atoms with E-state index in [4.69, 9.17) is 32.2 Å². The lowest BCUT2D eigenvalue weighted by Crippen LogP contribution is -2.36. The Hall–Kier alpha value is -3.84. The third-order valence-electron chi connectivity index (χ3n) is 5.34. The van der Waals surface area contributed by atoms with Gasteiger partial charge in [-0.15, -0.1) is 0 Å². The number of benzene rings is 2. The van der Waals surface area contributed by atoms with Crippen molar-refractivity contribution in [1.82, 2.24) is 5.32 Å². The molecule has 1 aliphatic heterocycles. The molecule has 0 unspecified atom stereocenters. The monoisotopic (exact) mass is 516 g/mol. The van der Waals surface area contributed by atoms with Gasteiger partial charge < -0.3 is 42.2 Å². The summed E-state index contributed by atoms with van der Waals surface area (Å²) < 4.78 is 9.64. The molecule has 9 N–H and O–H groups in total. The molecule has 0 aromatic heterocycles. The van der Waals surface area contributed by atoms with Gasteiger partial charge in [0.05, 0.1) is 6.54 Å². The summed E-state index contributed by atoms with van der Waals surface area (Å²) in [6.07, 6.45) is 2.24. The maximum absolute atomic E-state index is 11.8. The predicted octanol–water partition coefficient (Wildman–Crippen LogP) is -0.411. The molecule has 0 amide bonds. The molecule has 0 bridgehead atoms. The minimum atomic E-state index is -1.03. The summed E-state index contributed by atoms with van der Waals surface area (Å²) in [7, 11) is 0. The highest BCUT2D eigenvalue weighted by molar-refractivity contribution is 5.89. The van der Waals surface area contributed by atoms with Gasteiger partial charge in [0.2, 0.25) is 0 Å². The molecule has 0 aliphatic carbocycles. The van der Waals surface area contributed by atoms with Gasteiger partial charge in [-0.3, -0.25) is 9.59 Å². The zero-order valence-electron chi connectivity index (χ0n) is 20.2. The SMILES string of the molecule is NCC(=O)OC(=O)[C@@H](N)Cc1ccc(O)cc1.N[C@@H](Cc1ccc(OC(=O)[C@@H]2CCCN2)cc1)C(=O)O. The molecule has 1 fully saturated rings. The van der Waals surface area contributed by atoms with Gasteiger partial charge in [0, 0.05) is 0 Å². The van der Waals surface area contributed by atoms with Gasteiger partial charge in [0.15, 0.2) is 0 Å². The number of hydrogen-bond donors (Lipinski definition) is 6. The molecule has 1 saturated heterocycles. The highest BCUT2D eigenvalue weighted by Gasteiger charge is 2.24. The smallest absolute Gasteiger partial charge is 0.330 e. The summed E-state index contributed by atoms with van der Waals surface area (Å²) in [6, 6.07) is 10.9. The third-order valence-corrected chi connectivity index (χ3v) is 5.34. The van der Waals surface area contributed by atoms with Crippen LogP contribution in [0, 0.1) is 0 Å². The number of nitrogens with two attached hydrogens (primary N) is 3. The molecule has 12 nitrogen and oxygen atoms in total. The van der Waals surface area contributed by atoms with E-state index in [1.807, 2.05) is 0 Å². The van der Waals surface area contributed by atoms with E-state index in [0.29, 0.717) is 5.75 Å². The molecule has 0 saturated carbocycles. The molecular weight excluding hydrogens is 484 g/mol. The number of nitrogens with one attached hydrogen (secondary N) is 1. The van der Waals surface area contributed by atoms with Gasteiger partial charge in [-0.05, 0) is 67.6 Å². The second-order valence-corrected chi connectivity index (χ2v) is 8.34. The number of carbonyl (C=O) groups excluding carboxylic acids is 3. The molecule has 200 valence electrons. The molecule has 1 heterocycles. The average Bonchev–Trinajstić information content (AvgIpc) is 3.42. The molecule has 3 rings (SSSR count). The second-order valence-electron chi connectivity index (χ2n) is 8.34. The van der Waals surface area contributed by atoms with Gasteiger partial charge >= 0.3 is 23.9 Å². The first kappa shape index (κ1) is 29.4. The van der Waals surface area contributed by atoms with Crippen LogP contribution in [0.3, 0.4) is 0 Å². The lowest BCUT2D eigenvalue weighted by Gasteiger charge is -2.11. The first-order valence-corrected chi connectivity index (χ1v) is 11.6.